The molecule has 0 saturated carbocycles. The van der Waals surface area contributed by atoms with Crippen molar-refractivity contribution in [3.63, 3.8) is 0 Å². The molecule has 2 heterocycles. The molecule has 1 N–H and O–H groups in total. The highest BCUT2D eigenvalue weighted by Gasteiger charge is 2.38. The number of halogens is 1. The van der Waals surface area contributed by atoms with Gasteiger partial charge >= 0.3 is 0 Å². The highest BCUT2D eigenvalue weighted by atomic mass is 19.1. The van der Waals surface area contributed by atoms with Gasteiger partial charge in [-0.15, -0.1) is 0 Å². The van der Waals surface area contributed by atoms with E-state index in [2.05, 4.69) is 5.32 Å². The number of aryl methyl sites for hydroxylation is 1. The maximum atomic E-state index is 13.6. The Labute approximate surface area is 145 Å². The third kappa shape index (κ3) is 3.73. The lowest BCUT2D eigenvalue weighted by molar-refractivity contribution is -0.141. The summed E-state index contributed by atoms with van der Waals surface area (Å²) in [5, 5.41) is 2.87. The first-order valence-corrected chi connectivity index (χ1v) is 8.30. The van der Waals surface area contributed by atoms with Gasteiger partial charge in [-0.2, -0.15) is 0 Å². The lowest BCUT2D eigenvalue weighted by Gasteiger charge is -2.38. The Morgan fingerprint density at radius 1 is 1.36 bits per heavy atom. The number of hydrogen-bond acceptors (Lipinski definition) is 3. The standard InChI is InChI=1S/C19H21FN2O3/c1-12-6-7-15(25-12)11-21-19(24)16-8-9-17(23)22(2)18(16)13-4-3-5-14(20)10-13/h3-7,10,16,18H,8-9,11H2,1-2H3,(H,21,24)/t16-,18-/m1/s1. The van der Waals surface area contributed by atoms with E-state index in [4.69, 9.17) is 4.42 Å². The Hall–Kier alpha value is -2.63. The highest BCUT2D eigenvalue weighted by Crippen LogP contribution is 2.36. The zero-order valence-corrected chi connectivity index (χ0v) is 14.3. The number of furan rings is 1. The summed E-state index contributed by atoms with van der Waals surface area (Å²) in [5.74, 6) is 0.440. The molecule has 1 aromatic heterocycles. The van der Waals surface area contributed by atoms with E-state index < -0.39 is 12.0 Å². The van der Waals surface area contributed by atoms with E-state index >= 15 is 0 Å². The van der Waals surface area contributed by atoms with Gasteiger partial charge in [-0.3, -0.25) is 9.59 Å². The molecule has 25 heavy (non-hydrogen) atoms. The molecule has 132 valence electrons. The van der Waals surface area contributed by atoms with Crippen LogP contribution in [0.5, 0.6) is 0 Å². The lowest BCUT2D eigenvalue weighted by Crippen LogP contribution is -2.46. The Morgan fingerprint density at radius 3 is 2.84 bits per heavy atom. The second-order valence-electron chi connectivity index (χ2n) is 6.38. The molecule has 6 heteroatoms. The van der Waals surface area contributed by atoms with Crippen molar-refractivity contribution in [3.05, 3.63) is 59.3 Å². The van der Waals surface area contributed by atoms with Crippen LogP contribution >= 0.6 is 0 Å². The Kier molecular flexibility index (Phi) is 4.88. The Bertz CT molecular complexity index is 786. The summed E-state index contributed by atoms with van der Waals surface area (Å²) < 4.78 is 19.1. The molecule has 2 amide bonds. The third-order valence-corrected chi connectivity index (χ3v) is 4.62. The van der Waals surface area contributed by atoms with E-state index in [1.807, 2.05) is 19.1 Å². The van der Waals surface area contributed by atoms with Gasteiger partial charge in [0.2, 0.25) is 11.8 Å². The summed E-state index contributed by atoms with van der Waals surface area (Å²) in [4.78, 5) is 26.4. The van der Waals surface area contributed by atoms with Crippen LogP contribution in [0.15, 0.2) is 40.8 Å². The Balaban J connectivity index is 1.79. The molecule has 0 bridgehead atoms. The number of piperidine rings is 1. The molecular formula is C19H21FN2O3. The summed E-state index contributed by atoms with van der Waals surface area (Å²) in [7, 11) is 1.66. The molecule has 0 aliphatic carbocycles. The largest absolute Gasteiger partial charge is 0.465 e. The fourth-order valence-corrected chi connectivity index (χ4v) is 3.34. The number of nitrogens with zero attached hydrogens (tertiary/aromatic N) is 1. The number of benzene rings is 1. The molecule has 2 atom stereocenters. The second kappa shape index (κ2) is 7.09. The molecule has 0 radical (unpaired) electrons. The summed E-state index contributed by atoms with van der Waals surface area (Å²) in [6.07, 6.45) is 0.744. The number of hydrogen-bond donors (Lipinski definition) is 1. The number of carbonyl (C=O) groups is 2. The van der Waals surface area contributed by atoms with E-state index in [0.717, 1.165) is 5.76 Å². The summed E-state index contributed by atoms with van der Waals surface area (Å²) in [5.41, 5.74) is 0.629. The van der Waals surface area contributed by atoms with Crippen LogP contribution in [0.4, 0.5) is 4.39 Å². The SMILES string of the molecule is Cc1ccc(CNC(=O)[C@@H]2CCC(=O)N(C)[C@@H]2c2cccc(F)c2)o1. The first kappa shape index (κ1) is 17.2. The molecule has 0 spiro atoms. The van der Waals surface area contributed by atoms with Gasteiger partial charge in [0.15, 0.2) is 0 Å². The summed E-state index contributed by atoms with van der Waals surface area (Å²) >= 11 is 0. The third-order valence-electron chi connectivity index (χ3n) is 4.62. The van der Waals surface area contributed by atoms with Crippen molar-refractivity contribution in [2.75, 3.05) is 7.05 Å². The van der Waals surface area contributed by atoms with E-state index in [-0.39, 0.29) is 24.2 Å². The molecule has 5 nitrogen and oxygen atoms in total. The second-order valence-corrected chi connectivity index (χ2v) is 6.38. The lowest BCUT2D eigenvalue weighted by atomic mass is 9.84. The summed E-state index contributed by atoms with van der Waals surface area (Å²) in [6, 6.07) is 9.26. The van der Waals surface area contributed by atoms with Crippen molar-refractivity contribution in [1.29, 1.82) is 0 Å². The van der Waals surface area contributed by atoms with Crippen LogP contribution in [-0.4, -0.2) is 23.8 Å². The van der Waals surface area contributed by atoms with Crippen molar-refractivity contribution in [2.45, 2.75) is 32.4 Å². The molecule has 3 rings (SSSR count). The number of rotatable bonds is 4. The van der Waals surface area contributed by atoms with E-state index in [9.17, 15) is 14.0 Å². The molecule has 1 aromatic carbocycles. The van der Waals surface area contributed by atoms with Crippen molar-refractivity contribution in [1.82, 2.24) is 10.2 Å². The van der Waals surface area contributed by atoms with Gasteiger partial charge < -0.3 is 14.6 Å². The molecule has 0 unspecified atom stereocenters. The molecule has 1 saturated heterocycles. The number of likely N-dealkylation sites (tertiary alicyclic amines) is 1. The van der Waals surface area contributed by atoms with Crippen LogP contribution in [0.3, 0.4) is 0 Å². The molecule has 1 aliphatic heterocycles. The maximum absolute atomic E-state index is 13.6. The quantitative estimate of drug-likeness (QED) is 0.927. The zero-order valence-electron chi connectivity index (χ0n) is 14.3. The van der Waals surface area contributed by atoms with Crippen LogP contribution < -0.4 is 5.32 Å². The zero-order chi connectivity index (χ0) is 18.0. The fourth-order valence-electron chi connectivity index (χ4n) is 3.34. The van der Waals surface area contributed by atoms with Gasteiger partial charge in [0, 0.05) is 13.5 Å². The normalized spacial score (nSPS) is 20.6. The predicted molar refractivity (Wildman–Crippen MR) is 89.9 cm³/mol. The van der Waals surface area contributed by atoms with Gasteiger partial charge in [-0.05, 0) is 43.2 Å². The molecular weight excluding hydrogens is 323 g/mol. The first-order chi connectivity index (χ1) is 12.0. The van der Waals surface area contributed by atoms with Crippen molar-refractivity contribution in [3.8, 4) is 0 Å². The number of carbonyl (C=O) groups excluding carboxylic acids is 2. The van der Waals surface area contributed by atoms with Gasteiger partial charge in [0.1, 0.15) is 17.3 Å². The van der Waals surface area contributed by atoms with Crippen LogP contribution in [0.1, 0.15) is 36.0 Å². The minimum Gasteiger partial charge on any atom is -0.465 e. The monoisotopic (exact) mass is 344 g/mol. The number of amides is 2. The smallest absolute Gasteiger partial charge is 0.225 e. The first-order valence-electron chi connectivity index (χ1n) is 8.30. The predicted octanol–water partition coefficient (Wildman–Crippen LogP) is 2.95. The topological polar surface area (TPSA) is 62.6 Å². The molecule has 2 aromatic rings. The fraction of sp³-hybridized carbons (Fsp3) is 0.368. The minimum atomic E-state index is -0.477. The van der Waals surface area contributed by atoms with Crippen LogP contribution in [0, 0.1) is 18.7 Å². The number of nitrogens with one attached hydrogen (secondary N) is 1. The van der Waals surface area contributed by atoms with Crippen molar-refractivity contribution < 1.29 is 18.4 Å². The van der Waals surface area contributed by atoms with Gasteiger partial charge in [-0.1, -0.05) is 12.1 Å². The van der Waals surface area contributed by atoms with Crippen molar-refractivity contribution in [2.24, 2.45) is 5.92 Å². The maximum Gasteiger partial charge on any atom is 0.225 e. The average molecular weight is 344 g/mol. The molecule has 1 fully saturated rings. The van der Waals surface area contributed by atoms with Gasteiger partial charge in [0.05, 0.1) is 18.5 Å². The van der Waals surface area contributed by atoms with Crippen molar-refractivity contribution >= 4 is 11.8 Å². The van der Waals surface area contributed by atoms with E-state index in [1.54, 1.807) is 24.1 Å². The van der Waals surface area contributed by atoms with Crippen LogP contribution in [0.2, 0.25) is 0 Å². The van der Waals surface area contributed by atoms with Crippen LogP contribution in [0.25, 0.3) is 0 Å². The van der Waals surface area contributed by atoms with Crippen LogP contribution in [-0.2, 0) is 16.1 Å². The summed E-state index contributed by atoms with van der Waals surface area (Å²) in [6.45, 7) is 2.13. The Morgan fingerprint density at radius 2 is 2.16 bits per heavy atom. The van der Waals surface area contributed by atoms with E-state index in [1.165, 1.54) is 12.1 Å². The minimum absolute atomic E-state index is 0.0417. The highest BCUT2D eigenvalue weighted by molar-refractivity contribution is 5.84. The molecule has 1 aliphatic rings. The van der Waals surface area contributed by atoms with Gasteiger partial charge in [0.25, 0.3) is 0 Å². The average Bonchev–Trinajstić information content (AvgIpc) is 3.00. The van der Waals surface area contributed by atoms with E-state index in [0.29, 0.717) is 24.2 Å². The van der Waals surface area contributed by atoms with Gasteiger partial charge in [-0.25, -0.2) is 4.39 Å².